The first-order valence-electron chi connectivity index (χ1n) is 8.06. The molecular formula is C19H16Cl4N2S. The van der Waals surface area contributed by atoms with Crippen LogP contribution in [0, 0.1) is 6.92 Å². The molecule has 0 atom stereocenters. The molecule has 0 bridgehead atoms. The number of hydrogen-bond donors (Lipinski definition) is 0. The quantitative estimate of drug-likeness (QED) is 0.392. The summed E-state index contributed by atoms with van der Waals surface area (Å²) in [5, 5.41) is 3.32. The highest BCUT2D eigenvalue weighted by molar-refractivity contribution is 7.16. The van der Waals surface area contributed by atoms with Crippen LogP contribution in [-0.4, -0.2) is 11.5 Å². The Hall–Kier alpha value is -0.970. The zero-order valence-corrected chi connectivity index (χ0v) is 18.0. The molecule has 26 heavy (non-hydrogen) atoms. The van der Waals surface area contributed by atoms with Crippen molar-refractivity contribution in [3.63, 3.8) is 0 Å². The van der Waals surface area contributed by atoms with Gasteiger partial charge in [-0.15, -0.1) is 11.3 Å². The fourth-order valence-corrected chi connectivity index (χ4v) is 4.51. The maximum absolute atomic E-state index is 6.42. The molecule has 0 saturated carbocycles. The van der Waals surface area contributed by atoms with Crippen LogP contribution in [0.2, 0.25) is 20.1 Å². The first-order chi connectivity index (χ1) is 12.4. The maximum Gasteiger partial charge on any atom is 0.190 e. The molecule has 0 aliphatic rings. The fraction of sp³-hybridized carbons (Fsp3) is 0.211. The van der Waals surface area contributed by atoms with Gasteiger partial charge in [0.15, 0.2) is 5.13 Å². The second-order valence-electron chi connectivity index (χ2n) is 5.77. The minimum Gasteiger partial charge on any atom is -0.316 e. The lowest BCUT2D eigenvalue weighted by atomic mass is 10.1. The molecule has 0 aliphatic carbocycles. The Morgan fingerprint density at radius 2 is 1.65 bits per heavy atom. The van der Waals surface area contributed by atoms with E-state index in [4.69, 9.17) is 51.4 Å². The van der Waals surface area contributed by atoms with Crippen molar-refractivity contribution in [2.24, 2.45) is 0 Å². The molecule has 0 amide bonds. The number of aromatic nitrogens is 1. The topological polar surface area (TPSA) is 16.1 Å². The first kappa shape index (κ1) is 19.8. The van der Waals surface area contributed by atoms with E-state index in [2.05, 4.69) is 11.8 Å². The lowest BCUT2D eigenvalue weighted by molar-refractivity contribution is 0.881. The average molecular weight is 446 g/mol. The third kappa shape index (κ3) is 4.13. The van der Waals surface area contributed by atoms with E-state index in [0.717, 1.165) is 39.9 Å². The van der Waals surface area contributed by atoms with E-state index in [-0.39, 0.29) is 0 Å². The van der Waals surface area contributed by atoms with Crippen molar-refractivity contribution < 1.29 is 0 Å². The van der Waals surface area contributed by atoms with Gasteiger partial charge in [-0.25, -0.2) is 4.98 Å². The minimum atomic E-state index is 0.584. The Balaban J connectivity index is 2.08. The van der Waals surface area contributed by atoms with Gasteiger partial charge in [0.05, 0.1) is 21.4 Å². The third-order valence-corrected chi connectivity index (χ3v) is 5.94. The van der Waals surface area contributed by atoms with Crippen LogP contribution in [0.4, 0.5) is 10.8 Å². The predicted octanol–water partition coefficient (Wildman–Crippen LogP) is 8.28. The molecule has 2 nitrogen and oxygen atoms in total. The molecule has 7 heteroatoms. The van der Waals surface area contributed by atoms with Crippen LogP contribution in [0.5, 0.6) is 0 Å². The number of rotatable bonds is 5. The normalized spacial score (nSPS) is 11.0. The van der Waals surface area contributed by atoms with E-state index in [1.165, 1.54) is 0 Å². The van der Waals surface area contributed by atoms with E-state index in [0.29, 0.717) is 20.1 Å². The average Bonchev–Trinajstić information content (AvgIpc) is 2.96. The Kier molecular flexibility index (Phi) is 6.37. The molecule has 0 spiro atoms. The van der Waals surface area contributed by atoms with Gasteiger partial charge in [0.25, 0.3) is 0 Å². The van der Waals surface area contributed by atoms with Crippen molar-refractivity contribution in [3.8, 4) is 11.3 Å². The monoisotopic (exact) mass is 444 g/mol. The van der Waals surface area contributed by atoms with Crippen molar-refractivity contribution in [2.45, 2.75) is 20.3 Å². The highest BCUT2D eigenvalue weighted by Crippen LogP contribution is 2.41. The number of hydrogen-bond acceptors (Lipinski definition) is 3. The van der Waals surface area contributed by atoms with Gasteiger partial charge in [-0.05, 0) is 49.7 Å². The summed E-state index contributed by atoms with van der Waals surface area (Å²) in [6, 6.07) is 10.9. The van der Waals surface area contributed by atoms with Crippen LogP contribution < -0.4 is 4.90 Å². The Labute approximate surface area is 177 Å². The van der Waals surface area contributed by atoms with Crippen LogP contribution in [0.15, 0.2) is 36.4 Å². The van der Waals surface area contributed by atoms with E-state index < -0.39 is 0 Å². The first-order valence-corrected chi connectivity index (χ1v) is 10.4. The Bertz CT molecular complexity index is 939. The van der Waals surface area contributed by atoms with Gasteiger partial charge in [0, 0.05) is 27.0 Å². The molecule has 3 rings (SSSR count). The van der Waals surface area contributed by atoms with Crippen LogP contribution in [-0.2, 0) is 0 Å². The molecule has 0 radical (unpaired) electrons. The van der Waals surface area contributed by atoms with Crippen molar-refractivity contribution in [3.05, 3.63) is 61.4 Å². The number of thiazole rings is 1. The smallest absolute Gasteiger partial charge is 0.190 e. The number of nitrogens with zero attached hydrogens (tertiary/aromatic N) is 2. The number of aryl methyl sites for hydroxylation is 1. The summed E-state index contributed by atoms with van der Waals surface area (Å²) in [7, 11) is 0. The molecule has 1 aromatic heterocycles. The van der Waals surface area contributed by atoms with E-state index in [1.54, 1.807) is 29.5 Å². The minimum absolute atomic E-state index is 0.584. The van der Waals surface area contributed by atoms with Gasteiger partial charge < -0.3 is 4.90 Å². The van der Waals surface area contributed by atoms with Crippen molar-refractivity contribution in [2.75, 3.05) is 11.4 Å². The molecule has 0 aliphatic heterocycles. The summed E-state index contributed by atoms with van der Waals surface area (Å²) in [6.07, 6.45) is 0.943. The van der Waals surface area contributed by atoms with Gasteiger partial charge >= 0.3 is 0 Å². The molecule has 1 heterocycles. The standard InChI is InChI=1S/C19H16Cl4N2S/c1-3-8-25(17-10-13(21)5-7-15(17)22)19-24-18(11(2)26-19)14-6-4-12(20)9-16(14)23/h4-7,9-10H,3,8H2,1-2H3. The van der Waals surface area contributed by atoms with Gasteiger partial charge in [-0.3, -0.25) is 0 Å². The lowest BCUT2D eigenvalue weighted by Crippen LogP contribution is -2.18. The summed E-state index contributed by atoms with van der Waals surface area (Å²) in [5.41, 5.74) is 2.57. The van der Waals surface area contributed by atoms with E-state index >= 15 is 0 Å². The summed E-state index contributed by atoms with van der Waals surface area (Å²) in [4.78, 5) is 8.02. The van der Waals surface area contributed by atoms with Crippen LogP contribution in [0.3, 0.4) is 0 Å². The highest BCUT2D eigenvalue weighted by Gasteiger charge is 2.20. The summed E-state index contributed by atoms with van der Waals surface area (Å²) < 4.78 is 0. The second kappa shape index (κ2) is 8.37. The molecule has 0 saturated heterocycles. The van der Waals surface area contributed by atoms with Crippen molar-refractivity contribution in [1.29, 1.82) is 0 Å². The van der Waals surface area contributed by atoms with E-state index in [9.17, 15) is 0 Å². The second-order valence-corrected chi connectivity index (χ2v) is 8.64. The number of halogens is 4. The summed E-state index contributed by atoms with van der Waals surface area (Å²) >= 11 is 26.6. The van der Waals surface area contributed by atoms with E-state index in [1.807, 2.05) is 25.1 Å². The van der Waals surface area contributed by atoms with Crippen LogP contribution in [0.25, 0.3) is 11.3 Å². The number of benzene rings is 2. The van der Waals surface area contributed by atoms with Crippen LogP contribution in [0.1, 0.15) is 18.2 Å². The van der Waals surface area contributed by atoms with Gasteiger partial charge in [-0.1, -0.05) is 53.3 Å². The molecule has 3 aromatic rings. The molecule has 136 valence electrons. The Morgan fingerprint density at radius 1 is 0.962 bits per heavy atom. The largest absolute Gasteiger partial charge is 0.316 e. The molecule has 0 fully saturated rings. The Morgan fingerprint density at radius 3 is 2.35 bits per heavy atom. The zero-order chi connectivity index (χ0) is 18.8. The van der Waals surface area contributed by atoms with Crippen molar-refractivity contribution in [1.82, 2.24) is 4.98 Å². The highest BCUT2D eigenvalue weighted by atomic mass is 35.5. The van der Waals surface area contributed by atoms with Crippen molar-refractivity contribution >= 4 is 68.6 Å². The predicted molar refractivity (Wildman–Crippen MR) is 116 cm³/mol. The summed E-state index contributed by atoms with van der Waals surface area (Å²) in [6.45, 7) is 4.93. The molecule has 2 aromatic carbocycles. The molecule has 0 unspecified atom stereocenters. The fourth-order valence-electron chi connectivity index (χ4n) is 2.66. The van der Waals surface area contributed by atoms with Crippen LogP contribution >= 0.6 is 57.7 Å². The third-order valence-electron chi connectivity index (χ3n) is 3.85. The molecular weight excluding hydrogens is 430 g/mol. The van der Waals surface area contributed by atoms with Gasteiger partial charge in [0.1, 0.15) is 0 Å². The van der Waals surface area contributed by atoms with Gasteiger partial charge in [-0.2, -0.15) is 0 Å². The molecule has 0 N–H and O–H groups in total. The van der Waals surface area contributed by atoms with Gasteiger partial charge in [0.2, 0.25) is 0 Å². The summed E-state index contributed by atoms with van der Waals surface area (Å²) in [5.74, 6) is 0. The maximum atomic E-state index is 6.42. The SMILES string of the molecule is CCCN(c1nc(-c2ccc(Cl)cc2Cl)c(C)s1)c1cc(Cl)ccc1Cl. The lowest BCUT2D eigenvalue weighted by Gasteiger charge is -2.22. The zero-order valence-electron chi connectivity index (χ0n) is 14.2. The number of anilines is 2.